The Morgan fingerprint density at radius 2 is 2.15 bits per heavy atom. The monoisotopic (exact) mass is 287 g/mol. The van der Waals surface area contributed by atoms with Crippen LogP contribution in [0.1, 0.15) is 12.2 Å². The number of allylic oxidation sites excluding steroid dienone is 1. The molecule has 3 rings (SSSR count). The van der Waals surface area contributed by atoms with Crippen molar-refractivity contribution in [2.45, 2.75) is 6.42 Å². The first-order chi connectivity index (χ1) is 9.61. The minimum atomic E-state index is -0.325. The average molecular weight is 287 g/mol. The molecule has 1 saturated heterocycles. The Morgan fingerprint density at radius 1 is 1.30 bits per heavy atom. The summed E-state index contributed by atoms with van der Waals surface area (Å²) in [7, 11) is 0. The van der Waals surface area contributed by atoms with Crippen LogP contribution in [0.2, 0.25) is 0 Å². The van der Waals surface area contributed by atoms with E-state index >= 15 is 0 Å². The van der Waals surface area contributed by atoms with E-state index in [2.05, 4.69) is 0 Å². The largest absolute Gasteiger partial charge is 0.457 e. The first-order valence-electron chi connectivity index (χ1n) is 5.98. The highest BCUT2D eigenvalue weighted by Crippen LogP contribution is 2.32. The van der Waals surface area contributed by atoms with Crippen LogP contribution in [0.4, 0.5) is 4.39 Å². The van der Waals surface area contributed by atoms with Gasteiger partial charge in [-0.3, -0.25) is 10.2 Å². The van der Waals surface area contributed by atoms with E-state index in [4.69, 9.17) is 9.83 Å². The summed E-state index contributed by atoms with van der Waals surface area (Å²) < 4.78 is 18.7. The van der Waals surface area contributed by atoms with E-state index in [0.717, 1.165) is 11.8 Å². The first kappa shape index (κ1) is 12.9. The van der Waals surface area contributed by atoms with Gasteiger partial charge >= 0.3 is 0 Å². The van der Waals surface area contributed by atoms with Crippen LogP contribution in [0.15, 0.2) is 45.7 Å². The number of nitrogens with one attached hydrogen (secondary N) is 1. The Bertz CT molecular complexity index is 733. The summed E-state index contributed by atoms with van der Waals surface area (Å²) in [4.78, 5) is 12.1. The van der Waals surface area contributed by atoms with Crippen LogP contribution >= 0.6 is 11.8 Å². The molecule has 1 aromatic heterocycles. The van der Waals surface area contributed by atoms with Gasteiger partial charge in [0.2, 0.25) is 0 Å². The van der Waals surface area contributed by atoms with E-state index in [1.165, 1.54) is 12.1 Å². The van der Waals surface area contributed by atoms with Gasteiger partial charge in [-0.05, 0) is 30.3 Å². The lowest BCUT2D eigenvalue weighted by molar-refractivity contribution is -0.113. The zero-order valence-corrected chi connectivity index (χ0v) is 11.2. The van der Waals surface area contributed by atoms with Gasteiger partial charge in [-0.1, -0.05) is 23.9 Å². The molecule has 1 fully saturated rings. The molecule has 2 heterocycles. The summed E-state index contributed by atoms with van der Waals surface area (Å²) in [5, 5.41) is 7.81. The predicted molar refractivity (Wildman–Crippen MR) is 77.0 cm³/mol. The molecule has 1 N–H and O–H groups in total. The van der Waals surface area contributed by atoms with Crippen molar-refractivity contribution in [2.75, 3.05) is 0 Å². The third-order valence-corrected chi connectivity index (χ3v) is 3.79. The molecule has 0 spiro atoms. The fourth-order valence-corrected chi connectivity index (χ4v) is 2.75. The summed E-state index contributed by atoms with van der Waals surface area (Å²) in [6, 6.07) is 9.59. The van der Waals surface area contributed by atoms with E-state index in [0.29, 0.717) is 27.0 Å². The van der Waals surface area contributed by atoms with E-state index < -0.39 is 0 Å². The zero-order valence-electron chi connectivity index (χ0n) is 10.4. The van der Waals surface area contributed by atoms with Crippen molar-refractivity contribution in [3.63, 3.8) is 0 Å². The van der Waals surface area contributed by atoms with Crippen molar-refractivity contribution in [2.24, 2.45) is 0 Å². The van der Waals surface area contributed by atoms with Crippen molar-refractivity contribution in [3.05, 3.63) is 52.9 Å². The maximum absolute atomic E-state index is 13.2. The van der Waals surface area contributed by atoms with Gasteiger partial charge in [0.25, 0.3) is 0 Å². The van der Waals surface area contributed by atoms with Crippen molar-refractivity contribution in [1.82, 2.24) is 0 Å². The smallest absolute Gasteiger partial charge is 0.176 e. The summed E-state index contributed by atoms with van der Waals surface area (Å²) in [5.74, 6) is 0.675. The van der Waals surface area contributed by atoms with Gasteiger partial charge < -0.3 is 4.42 Å². The molecule has 100 valence electrons. The average Bonchev–Trinajstić information content (AvgIpc) is 2.97. The molecule has 1 aliphatic heterocycles. The molecule has 0 bridgehead atoms. The third-order valence-electron chi connectivity index (χ3n) is 2.84. The summed E-state index contributed by atoms with van der Waals surface area (Å²) >= 11 is 1.15. The molecule has 2 aromatic rings. The third kappa shape index (κ3) is 2.58. The maximum Gasteiger partial charge on any atom is 0.176 e. The van der Waals surface area contributed by atoms with Crippen molar-refractivity contribution < 1.29 is 13.6 Å². The molecule has 1 aromatic carbocycles. The van der Waals surface area contributed by atoms with Gasteiger partial charge in [0, 0.05) is 5.56 Å². The van der Waals surface area contributed by atoms with Crippen LogP contribution in [0.25, 0.3) is 17.4 Å². The first-order valence-corrected chi connectivity index (χ1v) is 6.79. The summed E-state index contributed by atoms with van der Waals surface area (Å²) in [6.45, 7) is 0. The highest BCUT2D eigenvalue weighted by atomic mass is 32.2. The molecule has 0 atom stereocenters. The van der Waals surface area contributed by atoms with Crippen LogP contribution in [0.3, 0.4) is 0 Å². The van der Waals surface area contributed by atoms with Crippen LogP contribution in [0.5, 0.6) is 0 Å². The number of Topliss-reactive ketones (excluding diaryl/α,β-unsaturated/α-hetero) is 1. The minimum Gasteiger partial charge on any atom is -0.457 e. The minimum absolute atomic E-state index is 0.0660. The van der Waals surface area contributed by atoms with E-state index in [-0.39, 0.29) is 18.0 Å². The van der Waals surface area contributed by atoms with Crippen LogP contribution < -0.4 is 0 Å². The number of hydrogen-bond donors (Lipinski definition) is 1. The number of rotatable bonds is 2. The quantitative estimate of drug-likeness (QED) is 0.846. The Balaban J connectivity index is 1.89. The Hall–Kier alpha value is -2.14. The van der Waals surface area contributed by atoms with Crippen molar-refractivity contribution in [1.29, 1.82) is 5.41 Å². The second kappa shape index (κ2) is 5.09. The fraction of sp³-hybridized carbons (Fsp3) is 0.0667. The number of halogens is 1. The number of thioether (sulfide) groups is 1. The number of hydrogen-bond acceptors (Lipinski definition) is 4. The lowest BCUT2D eigenvalue weighted by atomic mass is 10.2. The molecule has 0 radical (unpaired) electrons. The van der Waals surface area contributed by atoms with Gasteiger partial charge in [0.1, 0.15) is 17.3 Å². The van der Waals surface area contributed by atoms with E-state index in [9.17, 15) is 9.18 Å². The SMILES string of the molecule is N=C1CC(=O)/C(=C/c2ccc(-c3cccc(F)c3)o2)S1. The second-order valence-corrected chi connectivity index (χ2v) is 5.48. The van der Waals surface area contributed by atoms with Gasteiger partial charge in [-0.2, -0.15) is 0 Å². The second-order valence-electron chi connectivity index (χ2n) is 4.35. The number of carbonyl (C=O) groups excluding carboxylic acids is 1. The molecule has 0 amide bonds. The Labute approximate surface area is 119 Å². The fourth-order valence-electron chi connectivity index (χ4n) is 1.93. The van der Waals surface area contributed by atoms with E-state index in [1.54, 1.807) is 30.3 Å². The Kier molecular flexibility index (Phi) is 3.28. The Morgan fingerprint density at radius 3 is 2.85 bits per heavy atom. The molecular formula is C15H10FNO2S. The van der Waals surface area contributed by atoms with Gasteiger partial charge in [-0.25, -0.2) is 4.39 Å². The van der Waals surface area contributed by atoms with Gasteiger partial charge in [-0.15, -0.1) is 0 Å². The summed E-state index contributed by atoms with van der Waals surface area (Å²) in [5.41, 5.74) is 0.646. The molecular weight excluding hydrogens is 277 g/mol. The normalized spacial score (nSPS) is 17.1. The summed E-state index contributed by atoms with van der Waals surface area (Å²) in [6.07, 6.45) is 1.78. The van der Waals surface area contributed by atoms with Crippen LogP contribution in [0, 0.1) is 11.2 Å². The molecule has 20 heavy (non-hydrogen) atoms. The van der Waals surface area contributed by atoms with Crippen LogP contribution in [-0.2, 0) is 4.79 Å². The highest BCUT2D eigenvalue weighted by molar-refractivity contribution is 8.18. The molecule has 1 aliphatic rings. The van der Waals surface area contributed by atoms with Crippen molar-refractivity contribution >= 4 is 28.7 Å². The molecule has 3 nitrogen and oxygen atoms in total. The highest BCUT2D eigenvalue weighted by Gasteiger charge is 2.23. The number of benzene rings is 1. The topological polar surface area (TPSA) is 54.1 Å². The lowest BCUT2D eigenvalue weighted by Crippen LogP contribution is -1.91. The molecule has 0 saturated carbocycles. The van der Waals surface area contributed by atoms with Crippen LogP contribution in [-0.4, -0.2) is 10.8 Å². The van der Waals surface area contributed by atoms with Gasteiger partial charge in [0.15, 0.2) is 5.78 Å². The molecule has 5 heteroatoms. The standard InChI is InChI=1S/C15H10FNO2S/c16-10-3-1-2-9(6-10)13-5-4-11(19-13)7-14-12(18)8-15(17)20-14/h1-7,17H,8H2/b14-7-,17-15?. The van der Waals surface area contributed by atoms with Crippen molar-refractivity contribution in [3.8, 4) is 11.3 Å². The number of ketones is 1. The number of furan rings is 1. The van der Waals surface area contributed by atoms with E-state index in [1.807, 2.05) is 0 Å². The zero-order chi connectivity index (χ0) is 14.1. The molecule has 0 aliphatic carbocycles. The lowest BCUT2D eigenvalue weighted by Gasteiger charge is -1.96. The van der Waals surface area contributed by atoms with Gasteiger partial charge in [0.05, 0.1) is 16.4 Å². The number of carbonyl (C=O) groups is 1. The molecule has 0 unspecified atom stereocenters. The predicted octanol–water partition coefficient (Wildman–Crippen LogP) is 4.11. The maximum atomic E-state index is 13.2.